The Hall–Kier alpha value is -3.20. The lowest BCUT2D eigenvalue weighted by Gasteiger charge is -2.07. The molecule has 0 radical (unpaired) electrons. The van der Waals surface area contributed by atoms with Crippen molar-refractivity contribution in [2.45, 2.75) is 26.8 Å². The van der Waals surface area contributed by atoms with E-state index in [1.807, 2.05) is 6.92 Å². The van der Waals surface area contributed by atoms with Crippen molar-refractivity contribution in [2.24, 2.45) is 0 Å². The average Bonchev–Trinajstić information content (AvgIpc) is 3.06. The number of amides is 2. The summed E-state index contributed by atoms with van der Waals surface area (Å²) in [5.74, 6) is 0.0473. The van der Waals surface area contributed by atoms with Crippen molar-refractivity contribution in [1.29, 1.82) is 0 Å². The Labute approximate surface area is 171 Å². The standard InChI is InChI=1S/C20H22N4O4S/c1-4-8-21-15(25)10-24-11-22-19-16(20(24)27)12(2)17(29-19)18(26)23-13-6-5-7-14(9-13)28-3/h5-7,9,11H,4,8,10H2,1-3H3,(H,21,25)(H,23,26). The molecule has 0 aliphatic heterocycles. The zero-order valence-electron chi connectivity index (χ0n) is 16.4. The summed E-state index contributed by atoms with van der Waals surface area (Å²) in [6.07, 6.45) is 2.16. The van der Waals surface area contributed by atoms with Gasteiger partial charge in [-0.1, -0.05) is 13.0 Å². The lowest BCUT2D eigenvalue weighted by atomic mass is 10.2. The van der Waals surface area contributed by atoms with Gasteiger partial charge in [-0.05, 0) is 31.0 Å². The molecule has 0 aliphatic carbocycles. The summed E-state index contributed by atoms with van der Waals surface area (Å²) in [4.78, 5) is 42.7. The van der Waals surface area contributed by atoms with Gasteiger partial charge in [-0.3, -0.25) is 19.0 Å². The molecule has 0 unspecified atom stereocenters. The quantitative estimate of drug-likeness (QED) is 0.619. The molecule has 2 aromatic heterocycles. The molecule has 3 rings (SSSR count). The normalized spacial score (nSPS) is 10.7. The first-order chi connectivity index (χ1) is 13.9. The summed E-state index contributed by atoms with van der Waals surface area (Å²) in [6.45, 7) is 4.11. The summed E-state index contributed by atoms with van der Waals surface area (Å²) in [5, 5.41) is 5.91. The van der Waals surface area contributed by atoms with Gasteiger partial charge in [-0.2, -0.15) is 0 Å². The summed E-state index contributed by atoms with van der Waals surface area (Å²) < 4.78 is 6.42. The monoisotopic (exact) mass is 414 g/mol. The molecule has 2 amide bonds. The molecule has 0 fully saturated rings. The van der Waals surface area contributed by atoms with Crippen LogP contribution in [0.3, 0.4) is 0 Å². The van der Waals surface area contributed by atoms with E-state index in [9.17, 15) is 14.4 Å². The van der Waals surface area contributed by atoms with Crippen LogP contribution in [-0.2, 0) is 11.3 Å². The summed E-state index contributed by atoms with van der Waals surface area (Å²) in [5.41, 5.74) is 0.797. The van der Waals surface area contributed by atoms with Gasteiger partial charge in [0.2, 0.25) is 5.91 Å². The number of ether oxygens (including phenoxy) is 1. The molecule has 0 saturated carbocycles. The van der Waals surface area contributed by atoms with Crippen molar-refractivity contribution in [3.8, 4) is 5.75 Å². The molecule has 9 heteroatoms. The minimum absolute atomic E-state index is 0.109. The average molecular weight is 414 g/mol. The molecule has 0 atom stereocenters. The van der Waals surface area contributed by atoms with Crippen molar-refractivity contribution >= 4 is 39.1 Å². The number of rotatable bonds is 7. The number of aromatic nitrogens is 2. The molecule has 29 heavy (non-hydrogen) atoms. The number of nitrogens with one attached hydrogen (secondary N) is 2. The second-order valence-electron chi connectivity index (χ2n) is 6.45. The number of hydrogen-bond donors (Lipinski definition) is 2. The fourth-order valence-electron chi connectivity index (χ4n) is 2.85. The number of carbonyl (C=O) groups excluding carboxylic acids is 2. The number of nitrogens with zero attached hydrogens (tertiary/aromatic N) is 2. The highest BCUT2D eigenvalue weighted by Crippen LogP contribution is 2.28. The Morgan fingerprint density at radius 1 is 1.31 bits per heavy atom. The highest BCUT2D eigenvalue weighted by Gasteiger charge is 2.20. The predicted molar refractivity (Wildman–Crippen MR) is 113 cm³/mol. The summed E-state index contributed by atoms with van der Waals surface area (Å²) in [6, 6.07) is 7.02. The largest absolute Gasteiger partial charge is 0.497 e. The van der Waals surface area contributed by atoms with Gasteiger partial charge in [0.1, 0.15) is 17.1 Å². The van der Waals surface area contributed by atoms with Crippen LogP contribution in [-0.4, -0.2) is 35.0 Å². The van der Waals surface area contributed by atoms with Crippen LogP contribution in [0, 0.1) is 6.92 Å². The van der Waals surface area contributed by atoms with Gasteiger partial charge in [0.25, 0.3) is 11.5 Å². The molecule has 2 N–H and O–H groups in total. The number of benzene rings is 1. The van der Waals surface area contributed by atoms with Gasteiger partial charge < -0.3 is 15.4 Å². The Morgan fingerprint density at radius 3 is 2.83 bits per heavy atom. The molecule has 0 spiro atoms. The van der Waals surface area contributed by atoms with E-state index >= 15 is 0 Å². The molecule has 1 aromatic carbocycles. The first-order valence-corrected chi connectivity index (χ1v) is 9.96. The van der Waals surface area contributed by atoms with Gasteiger partial charge in [0.15, 0.2) is 0 Å². The van der Waals surface area contributed by atoms with E-state index in [2.05, 4.69) is 15.6 Å². The van der Waals surface area contributed by atoms with Gasteiger partial charge in [-0.15, -0.1) is 11.3 Å². The highest BCUT2D eigenvalue weighted by molar-refractivity contribution is 7.20. The molecule has 0 saturated heterocycles. The van der Waals surface area contributed by atoms with E-state index < -0.39 is 0 Å². The Balaban J connectivity index is 1.89. The van der Waals surface area contributed by atoms with E-state index in [-0.39, 0.29) is 23.9 Å². The van der Waals surface area contributed by atoms with Crippen LogP contribution < -0.4 is 20.9 Å². The van der Waals surface area contributed by atoms with Crippen LogP contribution in [0.1, 0.15) is 28.6 Å². The maximum absolute atomic E-state index is 12.8. The van der Waals surface area contributed by atoms with Crippen LogP contribution in [0.4, 0.5) is 5.69 Å². The Bertz CT molecular complexity index is 1120. The molecule has 3 aromatic rings. The minimum Gasteiger partial charge on any atom is -0.497 e. The third kappa shape index (κ3) is 4.45. The summed E-state index contributed by atoms with van der Waals surface area (Å²) in [7, 11) is 1.55. The molecule has 152 valence electrons. The van der Waals surface area contributed by atoms with E-state index in [0.29, 0.717) is 38.6 Å². The maximum atomic E-state index is 12.8. The Morgan fingerprint density at radius 2 is 2.10 bits per heavy atom. The number of anilines is 1. The highest BCUT2D eigenvalue weighted by atomic mass is 32.1. The first kappa shape index (κ1) is 20.5. The van der Waals surface area contributed by atoms with Crippen LogP contribution >= 0.6 is 11.3 Å². The smallest absolute Gasteiger partial charge is 0.266 e. The van der Waals surface area contributed by atoms with E-state index in [1.165, 1.54) is 10.9 Å². The zero-order valence-corrected chi connectivity index (χ0v) is 17.3. The van der Waals surface area contributed by atoms with Gasteiger partial charge in [-0.25, -0.2) is 4.98 Å². The van der Waals surface area contributed by atoms with E-state index in [1.54, 1.807) is 38.3 Å². The van der Waals surface area contributed by atoms with Gasteiger partial charge >= 0.3 is 0 Å². The molecular weight excluding hydrogens is 392 g/mol. The second-order valence-corrected chi connectivity index (χ2v) is 7.45. The second kappa shape index (κ2) is 8.87. The van der Waals surface area contributed by atoms with Crippen molar-refractivity contribution in [2.75, 3.05) is 19.0 Å². The number of fused-ring (bicyclic) bond motifs is 1. The summed E-state index contributed by atoms with van der Waals surface area (Å²) >= 11 is 1.15. The molecule has 0 aliphatic rings. The molecule has 2 heterocycles. The zero-order chi connectivity index (χ0) is 21.0. The molecule has 0 bridgehead atoms. The SMILES string of the molecule is CCCNC(=O)Cn1cnc2sc(C(=O)Nc3cccc(OC)c3)c(C)c2c1=O. The van der Waals surface area contributed by atoms with Crippen LogP contribution in [0.15, 0.2) is 35.4 Å². The fraction of sp³-hybridized carbons (Fsp3) is 0.300. The molecular formula is C20H22N4O4S. The topological polar surface area (TPSA) is 102 Å². The van der Waals surface area contributed by atoms with Crippen molar-refractivity contribution in [3.63, 3.8) is 0 Å². The number of methoxy groups -OCH3 is 1. The predicted octanol–water partition coefficient (Wildman–Crippen LogP) is 2.55. The number of thiophene rings is 1. The Kier molecular flexibility index (Phi) is 6.28. The van der Waals surface area contributed by atoms with Crippen molar-refractivity contribution in [1.82, 2.24) is 14.9 Å². The third-order valence-electron chi connectivity index (χ3n) is 4.34. The van der Waals surface area contributed by atoms with Crippen LogP contribution in [0.5, 0.6) is 5.75 Å². The van der Waals surface area contributed by atoms with Crippen molar-refractivity contribution in [3.05, 3.63) is 51.4 Å². The van der Waals surface area contributed by atoms with Gasteiger partial charge in [0.05, 0.1) is 23.7 Å². The minimum atomic E-state index is -0.337. The lowest BCUT2D eigenvalue weighted by Crippen LogP contribution is -2.32. The van der Waals surface area contributed by atoms with Crippen LogP contribution in [0.25, 0.3) is 10.2 Å². The number of carbonyl (C=O) groups is 2. The van der Waals surface area contributed by atoms with Crippen molar-refractivity contribution < 1.29 is 14.3 Å². The van der Waals surface area contributed by atoms with E-state index in [0.717, 1.165) is 17.8 Å². The third-order valence-corrected chi connectivity index (χ3v) is 5.54. The number of hydrogen-bond acceptors (Lipinski definition) is 6. The van der Waals surface area contributed by atoms with Crippen LogP contribution in [0.2, 0.25) is 0 Å². The fourth-order valence-corrected chi connectivity index (χ4v) is 3.89. The lowest BCUT2D eigenvalue weighted by molar-refractivity contribution is -0.121. The number of aryl methyl sites for hydroxylation is 1. The van der Waals surface area contributed by atoms with Gasteiger partial charge in [0, 0.05) is 18.3 Å². The first-order valence-electron chi connectivity index (χ1n) is 9.15. The van der Waals surface area contributed by atoms with E-state index in [4.69, 9.17) is 4.74 Å². The molecule has 8 nitrogen and oxygen atoms in total. The maximum Gasteiger partial charge on any atom is 0.266 e.